The summed E-state index contributed by atoms with van der Waals surface area (Å²) in [4.78, 5) is 14.5. The van der Waals surface area contributed by atoms with E-state index in [9.17, 15) is 4.79 Å². The Kier molecular flexibility index (Phi) is 4.88. The molecular formula is C17H26N2O2. The van der Waals surface area contributed by atoms with Gasteiger partial charge in [0.05, 0.1) is 13.0 Å². The molecule has 0 saturated heterocycles. The quantitative estimate of drug-likeness (QED) is 0.927. The van der Waals surface area contributed by atoms with Gasteiger partial charge in [0, 0.05) is 19.1 Å². The molecule has 2 N–H and O–H groups in total. The summed E-state index contributed by atoms with van der Waals surface area (Å²) in [6, 6.07) is 7.82. The molecule has 21 heavy (non-hydrogen) atoms. The van der Waals surface area contributed by atoms with E-state index in [1.165, 1.54) is 0 Å². The molecule has 1 aromatic carbocycles. The van der Waals surface area contributed by atoms with Gasteiger partial charge in [-0.25, -0.2) is 0 Å². The summed E-state index contributed by atoms with van der Waals surface area (Å²) in [5.41, 5.74) is 7.05. The highest BCUT2D eigenvalue weighted by Crippen LogP contribution is 2.33. The molecular weight excluding hydrogens is 264 g/mol. The minimum atomic E-state index is -0.372. The maximum atomic E-state index is 12.7. The molecule has 1 amide bonds. The van der Waals surface area contributed by atoms with Crippen molar-refractivity contribution in [1.29, 1.82) is 0 Å². The lowest BCUT2D eigenvalue weighted by atomic mass is 9.74. The third kappa shape index (κ3) is 3.76. The lowest BCUT2D eigenvalue weighted by Crippen LogP contribution is -2.53. The van der Waals surface area contributed by atoms with E-state index in [0.717, 1.165) is 37.0 Å². The summed E-state index contributed by atoms with van der Waals surface area (Å²) in [5.74, 6) is 0.930. The number of rotatable bonds is 4. The van der Waals surface area contributed by atoms with Crippen LogP contribution in [0.2, 0.25) is 0 Å². The average Bonchev–Trinajstić information content (AvgIpc) is 2.47. The topological polar surface area (TPSA) is 55.6 Å². The highest BCUT2D eigenvalue weighted by Gasteiger charge is 2.38. The number of methoxy groups -OCH3 is 1. The van der Waals surface area contributed by atoms with Gasteiger partial charge in [0.1, 0.15) is 5.75 Å². The van der Waals surface area contributed by atoms with Crippen LogP contribution in [0.5, 0.6) is 5.75 Å². The predicted octanol–water partition coefficient (Wildman–Crippen LogP) is 2.56. The number of amides is 1. The van der Waals surface area contributed by atoms with Crippen molar-refractivity contribution in [3.8, 4) is 5.75 Å². The van der Waals surface area contributed by atoms with Gasteiger partial charge in [-0.3, -0.25) is 4.79 Å². The maximum absolute atomic E-state index is 12.7. The number of hydrogen-bond acceptors (Lipinski definition) is 3. The molecule has 116 valence electrons. The monoisotopic (exact) mass is 290 g/mol. The Morgan fingerprint density at radius 1 is 1.38 bits per heavy atom. The third-order valence-corrected chi connectivity index (χ3v) is 4.51. The smallest absolute Gasteiger partial charge is 0.227 e. The van der Waals surface area contributed by atoms with E-state index in [4.69, 9.17) is 10.5 Å². The second-order valence-corrected chi connectivity index (χ2v) is 6.35. The van der Waals surface area contributed by atoms with E-state index in [1.807, 2.05) is 38.2 Å². The van der Waals surface area contributed by atoms with Crippen molar-refractivity contribution >= 4 is 5.91 Å². The van der Waals surface area contributed by atoms with Gasteiger partial charge in [0.15, 0.2) is 0 Å². The van der Waals surface area contributed by atoms with E-state index in [1.54, 1.807) is 12.0 Å². The van der Waals surface area contributed by atoms with Crippen molar-refractivity contribution in [2.75, 3.05) is 14.2 Å². The lowest BCUT2D eigenvalue weighted by molar-refractivity contribution is -0.138. The van der Waals surface area contributed by atoms with Crippen LogP contribution in [0.4, 0.5) is 0 Å². The summed E-state index contributed by atoms with van der Waals surface area (Å²) in [7, 11) is 3.51. The van der Waals surface area contributed by atoms with Gasteiger partial charge >= 0.3 is 0 Å². The van der Waals surface area contributed by atoms with Gasteiger partial charge in [-0.15, -0.1) is 0 Å². The first kappa shape index (κ1) is 15.8. The molecule has 0 radical (unpaired) electrons. The molecule has 4 heteroatoms. The fourth-order valence-electron chi connectivity index (χ4n) is 3.11. The van der Waals surface area contributed by atoms with Gasteiger partial charge in [-0.05, 0) is 37.5 Å². The van der Waals surface area contributed by atoms with Crippen LogP contribution < -0.4 is 10.5 Å². The summed E-state index contributed by atoms with van der Waals surface area (Å²) in [6.45, 7) is 2.62. The molecule has 1 saturated carbocycles. The average molecular weight is 290 g/mol. The Bertz CT molecular complexity index is 482. The van der Waals surface area contributed by atoms with Crippen molar-refractivity contribution in [2.24, 2.45) is 11.7 Å². The number of nitrogens with zero attached hydrogens (tertiary/aromatic N) is 1. The molecule has 0 aliphatic heterocycles. The van der Waals surface area contributed by atoms with Crippen molar-refractivity contribution < 1.29 is 9.53 Å². The Morgan fingerprint density at radius 3 is 2.62 bits per heavy atom. The number of carbonyl (C=O) groups excluding carboxylic acids is 1. The van der Waals surface area contributed by atoms with E-state index in [2.05, 4.69) is 0 Å². The molecule has 1 aromatic rings. The third-order valence-electron chi connectivity index (χ3n) is 4.51. The summed E-state index contributed by atoms with van der Waals surface area (Å²) >= 11 is 0. The van der Waals surface area contributed by atoms with Crippen LogP contribution in [0.15, 0.2) is 24.3 Å². The molecule has 0 aromatic heterocycles. The molecule has 0 bridgehead atoms. The number of carbonyl (C=O) groups is 1. The molecule has 1 aliphatic carbocycles. The van der Waals surface area contributed by atoms with Crippen molar-refractivity contribution in [3.63, 3.8) is 0 Å². The predicted molar refractivity (Wildman–Crippen MR) is 84.0 cm³/mol. The molecule has 0 heterocycles. The van der Waals surface area contributed by atoms with Crippen LogP contribution in [0, 0.1) is 5.92 Å². The van der Waals surface area contributed by atoms with Crippen molar-refractivity contribution in [3.05, 3.63) is 29.8 Å². The van der Waals surface area contributed by atoms with Gasteiger partial charge < -0.3 is 15.4 Å². The number of ether oxygens (including phenoxy) is 1. The minimum Gasteiger partial charge on any atom is -0.497 e. The van der Waals surface area contributed by atoms with Crippen LogP contribution in [0.3, 0.4) is 0 Å². The van der Waals surface area contributed by atoms with Crippen LogP contribution >= 0.6 is 0 Å². The van der Waals surface area contributed by atoms with Crippen molar-refractivity contribution in [1.82, 2.24) is 4.90 Å². The molecule has 1 aliphatic rings. The van der Waals surface area contributed by atoms with Gasteiger partial charge in [-0.1, -0.05) is 25.0 Å². The molecule has 1 fully saturated rings. The first-order chi connectivity index (χ1) is 9.94. The Balaban J connectivity index is 2.01. The number of nitrogens with two attached hydrogens (primary N) is 1. The first-order valence-corrected chi connectivity index (χ1v) is 7.61. The Hall–Kier alpha value is -1.55. The first-order valence-electron chi connectivity index (χ1n) is 7.61. The SMILES string of the molecule is COc1ccc(CN(C)C(=O)C2CCCCC2(C)N)cc1. The van der Waals surface area contributed by atoms with Crippen LogP contribution in [-0.4, -0.2) is 30.5 Å². The standard InChI is InChI=1S/C17H26N2O2/c1-17(18)11-5-4-6-15(17)16(20)19(2)12-13-7-9-14(21-3)10-8-13/h7-10,15H,4-6,11-12,18H2,1-3H3. The zero-order valence-corrected chi connectivity index (χ0v) is 13.3. The van der Waals surface area contributed by atoms with Crippen LogP contribution in [0.25, 0.3) is 0 Å². The Labute approximate surface area is 127 Å². The van der Waals surface area contributed by atoms with E-state index in [-0.39, 0.29) is 17.4 Å². The van der Waals surface area contributed by atoms with Crippen molar-refractivity contribution in [2.45, 2.75) is 44.7 Å². The van der Waals surface area contributed by atoms with Gasteiger partial charge in [0.25, 0.3) is 0 Å². The fraction of sp³-hybridized carbons (Fsp3) is 0.588. The summed E-state index contributed by atoms with van der Waals surface area (Å²) < 4.78 is 5.15. The number of hydrogen-bond donors (Lipinski definition) is 1. The van der Waals surface area contributed by atoms with E-state index < -0.39 is 0 Å². The molecule has 2 atom stereocenters. The Morgan fingerprint density at radius 2 is 2.05 bits per heavy atom. The second kappa shape index (κ2) is 6.48. The minimum absolute atomic E-state index is 0.0606. The maximum Gasteiger partial charge on any atom is 0.227 e. The van der Waals surface area contributed by atoms with Crippen LogP contribution in [0.1, 0.15) is 38.2 Å². The van der Waals surface area contributed by atoms with Gasteiger partial charge in [0.2, 0.25) is 5.91 Å². The fourth-order valence-corrected chi connectivity index (χ4v) is 3.11. The zero-order valence-electron chi connectivity index (χ0n) is 13.3. The van der Waals surface area contributed by atoms with Crippen LogP contribution in [-0.2, 0) is 11.3 Å². The normalized spacial score (nSPS) is 25.4. The van der Waals surface area contributed by atoms with Gasteiger partial charge in [-0.2, -0.15) is 0 Å². The lowest BCUT2D eigenvalue weighted by Gasteiger charge is -2.39. The summed E-state index contributed by atoms with van der Waals surface area (Å²) in [6.07, 6.45) is 4.05. The highest BCUT2D eigenvalue weighted by molar-refractivity contribution is 5.80. The largest absolute Gasteiger partial charge is 0.497 e. The number of benzene rings is 1. The molecule has 2 unspecified atom stereocenters. The molecule has 4 nitrogen and oxygen atoms in total. The molecule has 2 rings (SSSR count). The zero-order chi connectivity index (χ0) is 15.5. The molecule has 0 spiro atoms. The van der Waals surface area contributed by atoms with E-state index in [0.29, 0.717) is 6.54 Å². The highest BCUT2D eigenvalue weighted by atomic mass is 16.5. The second-order valence-electron chi connectivity index (χ2n) is 6.35. The van der Waals surface area contributed by atoms with E-state index >= 15 is 0 Å². The summed E-state index contributed by atoms with van der Waals surface area (Å²) in [5, 5.41) is 0.